The second kappa shape index (κ2) is 6.28. The van der Waals surface area contributed by atoms with E-state index in [1.807, 2.05) is 0 Å². The van der Waals surface area contributed by atoms with Gasteiger partial charge in [-0.3, -0.25) is 0 Å². The lowest BCUT2D eigenvalue weighted by Crippen LogP contribution is -2.29. The number of sulfonamides is 2. The fourth-order valence-electron chi connectivity index (χ4n) is 1.19. The number of aromatic nitrogens is 1. The van der Waals surface area contributed by atoms with Gasteiger partial charge < -0.3 is 5.73 Å². The molecule has 0 saturated carbocycles. The van der Waals surface area contributed by atoms with E-state index in [1.54, 1.807) is 0 Å². The van der Waals surface area contributed by atoms with E-state index in [2.05, 4.69) is 14.4 Å². The monoisotopic (exact) mass is 308 g/mol. The lowest BCUT2D eigenvalue weighted by atomic mass is 10.4. The summed E-state index contributed by atoms with van der Waals surface area (Å²) in [5.41, 5.74) is 5.36. The molecule has 0 saturated heterocycles. The van der Waals surface area contributed by atoms with Crippen LogP contribution >= 0.6 is 0 Å². The second-order valence-electron chi connectivity index (χ2n) is 3.84. The number of nitrogens with zero attached hydrogens (tertiary/aromatic N) is 1. The fourth-order valence-corrected chi connectivity index (χ4v) is 2.72. The van der Waals surface area contributed by atoms with Crippen molar-refractivity contribution in [1.29, 1.82) is 0 Å². The third-order valence-electron chi connectivity index (χ3n) is 2.08. The van der Waals surface area contributed by atoms with Crippen LogP contribution in [0.2, 0.25) is 0 Å². The van der Waals surface area contributed by atoms with Crippen LogP contribution in [0.1, 0.15) is 6.42 Å². The van der Waals surface area contributed by atoms with Gasteiger partial charge in [-0.05, 0) is 18.6 Å². The van der Waals surface area contributed by atoms with Crippen molar-refractivity contribution in [3.05, 3.63) is 18.3 Å². The van der Waals surface area contributed by atoms with Gasteiger partial charge in [-0.2, -0.15) is 0 Å². The van der Waals surface area contributed by atoms with E-state index in [4.69, 9.17) is 5.73 Å². The van der Waals surface area contributed by atoms with E-state index in [9.17, 15) is 16.8 Å². The van der Waals surface area contributed by atoms with Gasteiger partial charge in [0.15, 0.2) is 0 Å². The second-order valence-corrected chi connectivity index (χ2v) is 7.44. The Bertz CT molecular complexity index is 610. The molecule has 0 spiro atoms. The Labute approximate surface area is 112 Å². The molecule has 0 unspecified atom stereocenters. The van der Waals surface area contributed by atoms with Crippen molar-refractivity contribution < 1.29 is 16.8 Å². The highest BCUT2D eigenvalue weighted by Gasteiger charge is 2.13. The molecule has 4 N–H and O–H groups in total. The van der Waals surface area contributed by atoms with Gasteiger partial charge in [-0.1, -0.05) is 0 Å². The highest BCUT2D eigenvalue weighted by molar-refractivity contribution is 7.89. The zero-order valence-corrected chi connectivity index (χ0v) is 12.0. The Hall–Kier alpha value is -1.23. The number of rotatable bonds is 7. The van der Waals surface area contributed by atoms with Crippen molar-refractivity contribution in [2.45, 2.75) is 11.3 Å². The molecule has 19 heavy (non-hydrogen) atoms. The molecule has 0 bridgehead atoms. The third kappa shape index (κ3) is 5.96. The first-order chi connectivity index (χ1) is 8.71. The summed E-state index contributed by atoms with van der Waals surface area (Å²) in [4.78, 5) is 3.70. The number of pyridine rings is 1. The van der Waals surface area contributed by atoms with Gasteiger partial charge in [0.05, 0.1) is 6.26 Å². The number of hydrogen-bond donors (Lipinski definition) is 3. The summed E-state index contributed by atoms with van der Waals surface area (Å²) in [6.07, 6.45) is 2.54. The molecular weight excluding hydrogens is 292 g/mol. The molecule has 0 fully saturated rings. The zero-order chi connectivity index (χ0) is 14.5. The van der Waals surface area contributed by atoms with Crippen LogP contribution in [0.15, 0.2) is 23.2 Å². The Kier molecular flexibility index (Phi) is 5.23. The molecular formula is C9H16N4O4S2. The summed E-state index contributed by atoms with van der Waals surface area (Å²) in [5, 5.41) is 0. The van der Waals surface area contributed by atoms with Crippen molar-refractivity contribution in [1.82, 2.24) is 14.4 Å². The molecule has 0 aliphatic carbocycles. The van der Waals surface area contributed by atoms with Gasteiger partial charge in [-0.25, -0.2) is 31.3 Å². The highest BCUT2D eigenvalue weighted by atomic mass is 32.2. The molecule has 0 aromatic carbocycles. The lowest BCUT2D eigenvalue weighted by molar-refractivity contribution is 0.574. The summed E-state index contributed by atoms with van der Waals surface area (Å²) < 4.78 is 49.7. The van der Waals surface area contributed by atoms with Gasteiger partial charge in [0, 0.05) is 19.3 Å². The van der Waals surface area contributed by atoms with Crippen molar-refractivity contribution in [2.75, 3.05) is 25.1 Å². The van der Waals surface area contributed by atoms with Crippen molar-refractivity contribution >= 4 is 25.9 Å². The molecule has 8 nitrogen and oxygen atoms in total. The summed E-state index contributed by atoms with van der Waals surface area (Å²) in [5.74, 6) is 0.233. The van der Waals surface area contributed by atoms with Crippen molar-refractivity contribution in [2.24, 2.45) is 0 Å². The molecule has 0 atom stereocenters. The number of nitrogens with one attached hydrogen (secondary N) is 2. The van der Waals surface area contributed by atoms with Gasteiger partial charge >= 0.3 is 0 Å². The zero-order valence-electron chi connectivity index (χ0n) is 10.3. The third-order valence-corrected chi connectivity index (χ3v) is 4.25. The van der Waals surface area contributed by atoms with E-state index in [-0.39, 0.29) is 23.8 Å². The lowest BCUT2D eigenvalue weighted by Gasteiger charge is -2.06. The molecule has 1 aromatic rings. The van der Waals surface area contributed by atoms with E-state index < -0.39 is 20.0 Å². The Morgan fingerprint density at radius 3 is 2.32 bits per heavy atom. The van der Waals surface area contributed by atoms with Crippen molar-refractivity contribution in [3.8, 4) is 0 Å². The maximum atomic E-state index is 11.8. The minimum Gasteiger partial charge on any atom is -0.384 e. The molecule has 0 amide bonds. The Morgan fingerprint density at radius 2 is 1.79 bits per heavy atom. The molecule has 0 aliphatic heterocycles. The number of nitrogens with two attached hydrogens (primary N) is 1. The van der Waals surface area contributed by atoms with Crippen molar-refractivity contribution in [3.63, 3.8) is 0 Å². The molecule has 1 aromatic heterocycles. The van der Waals surface area contributed by atoms with Crippen LogP contribution in [0.4, 0.5) is 5.82 Å². The summed E-state index contributed by atoms with van der Waals surface area (Å²) in [7, 11) is -6.89. The average Bonchev–Trinajstić information content (AvgIpc) is 2.27. The number of nitrogen functional groups attached to an aromatic ring is 1. The maximum absolute atomic E-state index is 11.8. The standard InChI is InChI=1S/C9H16N4O4S2/c1-18(14,15)12-5-2-6-13-19(16,17)8-3-4-9(10)11-7-8/h3-4,7,12-13H,2,5-6H2,1H3,(H2,10,11). The van der Waals surface area contributed by atoms with Crippen LogP contribution in [-0.4, -0.2) is 41.2 Å². The first-order valence-corrected chi connectivity index (χ1v) is 8.74. The molecule has 1 rings (SSSR count). The predicted octanol–water partition coefficient (Wildman–Crippen LogP) is -1.12. The van der Waals surface area contributed by atoms with E-state index in [1.165, 1.54) is 12.1 Å². The summed E-state index contributed by atoms with van der Waals surface area (Å²) >= 11 is 0. The number of anilines is 1. The SMILES string of the molecule is CS(=O)(=O)NCCCNS(=O)(=O)c1ccc(N)nc1. The number of hydrogen-bond acceptors (Lipinski definition) is 6. The highest BCUT2D eigenvalue weighted by Crippen LogP contribution is 2.08. The smallest absolute Gasteiger partial charge is 0.242 e. The van der Waals surface area contributed by atoms with Gasteiger partial charge in [0.2, 0.25) is 20.0 Å². The molecule has 0 radical (unpaired) electrons. The normalized spacial score (nSPS) is 12.5. The quantitative estimate of drug-likeness (QED) is 0.547. The first kappa shape index (κ1) is 15.8. The Morgan fingerprint density at radius 1 is 1.16 bits per heavy atom. The average molecular weight is 308 g/mol. The fraction of sp³-hybridized carbons (Fsp3) is 0.444. The van der Waals surface area contributed by atoms with E-state index in [0.29, 0.717) is 6.42 Å². The summed E-state index contributed by atoms with van der Waals surface area (Å²) in [6, 6.07) is 2.74. The van der Waals surface area contributed by atoms with Crippen LogP contribution in [0.25, 0.3) is 0 Å². The van der Waals surface area contributed by atoms with E-state index in [0.717, 1.165) is 12.5 Å². The van der Waals surface area contributed by atoms with Gasteiger partial charge in [0.1, 0.15) is 10.7 Å². The van der Waals surface area contributed by atoms with Crippen LogP contribution in [0, 0.1) is 0 Å². The van der Waals surface area contributed by atoms with Crippen LogP contribution in [0.5, 0.6) is 0 Å². The molecule has 10 heteroatoms. The largest absolute Gasteiger partial charge is 0.384 e. The van der Waals surface area contributed by atoms with Crippen LogP contribution in [-0.2, 0) is 20.0 Å². The Balaban J connectivity index is 2.46. The maximum Gasteiger partial charge on any atom is 0.242 e. The van der Waals surface area contributed by atoms with E-state index >= 15 is 0 Å². The molecule has 108 valence electrons. The van der Waals surface area contributed by atoms with Crippen LogP contribution in [0.3, 0.4) is 0 Å². The van der Waals surface area contributed by atoms with Gasteiger partial charge in [0.25, 0.3) is 0 Å². The first-order valence-electron chi connectivity index (χ1n) is 5.36. The molecule has 1 heterocycles. The minimum absolute atomic E-state index is 0.0118. The predicted molar refractivity (Wildman–Crippen MR) is 71.3 cm³/mol. The van der Waals surface area contributed by atoms with Gasteiger partial charge in [-0.15, -0.1) is 0 Å². The minimum atomic E-state index is -3.64. The summed E-state index contributed by atoms with van der Waals surface area (Å²) in [6.45, 7) is 0.288. The molecule has 0 aliphatic rings. The van der Waals surface area contributed by atoms with Crippen LogP contribution < -0.4 is 15.2 Å². The topological polar surface area (TPSA) is 131 Å².